The van der Waals surface area contributed by atoms with Gasteiger partial charge in [0.05, 0.1) is 6.42 Å². The van der Waals surface area contributed by atoms with Gasteiger partial charge >= 0.3 is 5.97 Å². The van der Waals surface area contributed by atoms with Crippen molar-refractivity contribution in [2.24, 2.45) is 0 Å². The molecule has 0 aromatic heterocycles. The number of aromatic hydroxyl groups is 1. The van der Waals surface area contributed by atoms with Gasteiger partial charge in [0.2, 0.25) is 5.91 Å². The first-order valence-electron chi connectivity index (χ1n) is 5.22. The number of carboxylic acids is 1. The third kappa shape index (κ3) is 4.55. The second kappa shape index (κ2) is 5.89. The molecule has 5 nitrogen and oxygen atoms in total. The van der Waals surface area contributed by atoms with Gasteiger partial charge in [0.25, 0.3) is 0 Å². The quantitative estimate of drug-likeness (QED) is 0.807. The highest BCUT2D eigenvalue weighted by Gasteiger charge is 2.10. The SMILES string of the molecule is CN(Cc1ccc(O)cc1)C(=O)CCC(=O)O. The zero-order chi connectivity index (χ0) is 12.8. The summed E-state index contributed by atoms with van der Waals surface area (Å²) in [6, 6.07) is 6.53. The van der Waals surface area contributed by atoms with Crippen LogP contribution in [0.3, 0.4) is 0 Å². The molecule has 1 aromatic carbocycles. The number of benzene rings is 1. The number of phenols is 1. The number of rotatable bonds is 5. The van der Waals surface area contributed by atoms with Crippen LogP contribution in [0.5, 0.6) is 5.75 Å². The summed E-state index contributed by atoms with van der Waals surface area (Å²) >= 11 is 0. The molecule has 0 atom stereocenters. The Kier molecular flexibility index (Phi) is 4.51. The van der Waals surface area contributed by atoms with Crippen LogP contribution in [0.2, 0.25) is 0 Å². The molecular formula is C12H15NO4. The molecule has 0 radical (unpaired) electrons. The molecule has 0 unspecified atom stereocenters. The molecule has 5 heteroatoms. The Morgan fingerprint density at radius 3 is 2.29 bits per heavy atom. The fraction of sp³-hybridized carbons (Fsp3) is 0.333. The van der Waals surface area contributed by atoms with Gasteiger partial charge in [-0.05, 0) is 17.7 Å². The minimum Gasteiger partial charge on any atom is -0.508 e. The van der Waals surface area contributed by atoms with Crippen LogP contribution < -0.4 is 0 Å². The van der Waals surface area contributed by atoms with Gasteiger partial charge in [0.15, 0.2) is 0 Å². The Bertz CT molecular complexity index is 399. The lowest BCUT2D eigenvalue weighted by atomic mass is 10.2. The van der Waals surface area contributed by atoms with E-state index in [1.165, 1.54) is 4.90 Å². The molecule has 2 N–H and O–H groups in total. The first-order chi connectivity index (χ1) is 7.99. The number of hydrogen-bond acceptors (Lipinski definition) is 3. The molecule has 0 aliphatic heterocycles. The van der Waals surface area contributed by atoms with Crippen molar-refractivity contribution < 1.29 is 19.8 Å². The summed E-state index contributed by atoms with van der Waals surface area (Å²) in [5.74, 6) is -1.01. The first kappa shape index (κ1) is 13.0. The number of carbonyl (C=O) groups excluding carboxylic acids is 1. The van der Waals surface area contributed by atoms with Crippen LogP contribution in [-0.2, 0) is 16.1 Å². The summed E-state index contributed by atoms with van der Waals surface area (Å²) in [5, 5.41) is 17.6. The standard InChI is InChI=1S/C12H15NO4/c1-13(11(15)6-7-12(16)17)8-9-2-4-10(14)5-3-9/h2-5,14H,6-8H2,1H3,(H,16,17). The lowest BCUT2D eigenvalue weighted by Gasteiger charge is -2.16. The largest absolute Gasteiger partial charge is 0.508 e. The van der Waals surface area contributed by atoms with E-state index in [9.17, 15) is 9.59 Å². The van der Waals surface area contributed by atoms with E-state index >= 15 is 0 Å². The van der Waals surface area contributed by atoms with E-state index in [0.717, 1.165) is 5.56 Å². The molecule has 1 rings (SSSR count). The second-order valence-electron chi connectivity index (χ2n) is 3.81. The van der Waals surface area contributed by atoms with Gasteiger partial charge in [0, 0.05) is 20.0 Å². The topological polar surface area (TPSA) is 77.8 Å². The molecule has 17 heavy (non-hydrogen) atoms. The summed E-state index contributed by atoms with van der Waals surface area (Å²) in [6.07, 6.45) is -0.150. The Labute approximate surface area is 99.3 Å². The zero-order valence-corrected chi connectivity index (χ0v) is 9.59. The predicted octanol–water partition coefficient (Wildman–Crippen LogP) is 1.22. The maximum Gasteiger partial charge on any atom is 0.303 e. The van der Waals surface area contributed by atoms with E-state index in [4.69, 9.17) is 10.2 Å². The molecule has 0 saturated carbocycles. The minimum absolute atomic E-state index is 0.00389. The fourth-order valence-corrected chi connectivity index (χ4v) is 1.37. The number of aliphatic carboxylic acids is 1. The lowest BCUT2D eigenvalue weighted by molar-refractivity contribution is -0.140. The molecule has 0 bridgehead atoms. The highest BCUT2D eigenvalue weighted by molar-refractivity contribution is 5.80. The van der Waals surface area contributed by atoms with E-state index in [2.05, 4.69) is 0 Å². The number of carbonyl (C=O) groups is 2. The smallest absolute Gasteiger partial charge is 0.303 e. The van der Waals surface area contributed by atoms with Crippen LogP contribution in [0.15, 0.2) is 24.3 Å². The number of phenolic OH excluding ortho intramolecular Hbond substituents is 1. The molecule has 0 aliphatic rings. The Morgan fingerprint density at radius 2 is 1.76 bits per heavy atom. The van der Waals surface area contributed by atoms with Gasteiger partial charge in [-0.15, -0.1) is 0 Å². The maximum atomic E-state index is 11.5. The van der Waals surface area contributed by atoms with Crippen molar-refractivity contribution in [3.63, 3.8) is 0 Å². The molecule has 0 spiro atoms. The summed E-state index contributed by atoms with van der Waals surface area (Å²) in [7, 11) is 1.62. The first-order valence-corrected chi connectivity index (χ1v) is 5.22. The average Bonchev–Trinajstić information content (AvgIpc) is 2.28. The maximum absolute atomic E-state index is 11.5. The Morgan fingerprint density at radius 1 is 1.18 bits per heavy atom. The fourth-order valence-electron chi connectivity index (χ4n) is 1.37. The minimum atomic E-state index is -0.976. The third-order valence-corrected chi connectivity index (χ3v) is 2.33. The third-order valence-electron chi connectivity index (χ3n) is 2.33. The highest BCUT2D eigenvalue weighted by Crippen LogP contribution is 2.11. The number of amides is 1. The average molecular weight is 237 g/mol. The van der Waals surface area contributed by atoms with Crippen molar-refractivity contribution in [3.05, 3.63) is 29.8 Å². The van der Waals surface area contributed by atoms with Crippen molar-refractivity contribution in [2.75, 3.05) is 7.05 Å². The van der Waals surface area contributed by atoms with Crippen molar-refractivity contribution in [1.82, 2.24) is 4.90 Å². The van der Waals surface area contributed by atoms with Crippen LogP contribution in [0.1, 0.15) is 18.4 Å². The number of hydrogen-bond donors (Lipinski definition) is 2. The second-order valence-corrected chi connectivity index (χ2v) is 3.81. The van der Waals surface area contributed by atoms with Gasteiger partial charge in [0.1, 0.15) is 5.75 Å². The van der Waals surface area contributed by atoms with E-state index in [1.54, 1.807) is 31.3 Å². The van der Waals surface area contributed by atoms with Crippen molar-refractivity contribution in [1.29, 1.82) is 0 Å². The monoisotopic (exact) mass is 237 g/mol. The molecule has 92 valence electrons. The summed E-state index contributed by atoms with van der Waals surface area (Å²) in [6.45, 7) is 0.402. The van der Waals surface area contributed by atoms with Gasteiger partial charge < -0.3 is 15.1 Å². The van der Waals surface area contributed by atoms with Crippen LogP contribution in [0.25, 0.3) is 0 Å². The van der Waals surface area contributed by atoms with Crippen LogP contribution in [-0.4, -0.2) is 34.0 Å². The van der Waals surface area contributed by atoms with Crippen LogP contribution in [0.4, 0.5) is 0 Å². The van der Waals surface area contributed by atoms with E-state index in [-0.39, 0.29) is 24.5 Å². The molecule has 1 aromatic rings. The zero-order valence-electron chi connectivity index (χ0n) is 9.59. The highest BCUT2D eigenvalue weighted by atomic mass is 16.4. The molecular weight excluding hydrogens is 222 g/mol. The van der Waals surface area contributed by atoms with Crippen molar-refractivity contribution in [3.8, 4) is 5.75 Å². The Hall–Kier alpha value is -2.04. The number of nitrogens with zero attached hydrogens (tertiary/aromatic N) is 1. The summed E-state index contributed by atoms with van der Waals surface area (Å²) in [5.41, 5.74) is 0.883. The van der Waals surface area contributed by atoms with E-state index < -0.39 is 5.97 Å². The molecule has 1 amide bonds. The summed E-state index contributed by atoms with van der Waals surface area (Å²) < 4.78 is 0. The van der Waals surface area contributed by atoms with Crippen molar-refractivity contribution in [2.45, 2.75) is 19.4 Å². The van der Waals surface area contributed by atoms with Crippen molar-refractivity contribution >= 4 is 11.9 Å². The van der Waals surface area contributed by atoms with Crippen LogP contribution >= 0.6 is 0 Å². The van der Waals surface area contributed by atoms with E-state index in [0.29, 0.717) is 6.54 Å². The van der Waals surface area contributed by atoms with Gasteiger partial charge in [-0.1, -0.05) is 12.1 Å². The Balaban J connectivity index is 2.48. The molecule has 0 heterocycles. The molecule has 0 saturated heterocycles. The molecule has 0 aliphatic carbocycles. The van der Waals surface area contributed by atoms with E-state index in [1.807, 2.05) is 0 Å². The van der Waals surface area contributed by atoms with Gasteiger partial charge in [-0.3, -0.25) is 9.59 Å². The lowest BCUT2D eigenvalue weighted by Crippen LogP contribution is -2.26. The van der Waals surface area contributed by atoms with Gasteiger partial charge in [-0.25, -0.2) is 0 Å². The summed E-state index contributed by atoms with van der Waals surface area (Å²) in [4.78, 5) is 23.3. The van der Waals surface area contributed by atoms with Gasteiger partial charge in [-0.2, -0.15) is 0 Å². The predicted molar refractivity (Wildman–Crippen MR) is 61.5 cm³/mol. The van der Waals surface area contributed by atoms with Crippen LogP contribution in [0, 0.1) is 0 Å². The number of carboxylic acid groups (broad SMARTS) is 1. The normalized spacial score (nSPS) is 9.94. The molecule has 0 fully saturated rings.